The molecule has 0 spiro atoms. The molecule has 0 radical (unpaired) electrons. The van der Waals surface area contributed by atoms with Gasteiger partial charge in [-0.2, -0.15) is 5.48 Å². The van der Waals surface area contributed by atoms with Crippen LogP contribution in [0.2, 0.25) is 0 Å². The third-order valence-electron chi connectivity index (χ3n) is 1.68. The second-order valence-electron chi connectivity index (χ2n) is 2.92. The zero-order valence-electron chi connectivity index (χ0n) is 7.87. The first-order chi connectivity index (χ1) is 6.70. The van der Waals surface area contributed by atoms with Gasteiger partial charge < -0.3 is 0 Å². The van der Waals surface area contributed by atoms with Crippen LogP contribution in [-0.2, 0) is 16.2 Å². The van der Waals surface area contributed by atoms with Crippen LogP contribution < -0.4 is 5.48 Å². The minimum atomic E-state index is -0.486. The van der Waals surface area contributed by atoms with Gasteiger partial charge in [-0.15, -0.1) is 0 Å². The van der Waals surface area contributed by atoms with Gasteiger partial charge in [-0.05, 0) is 24.1 Å². The van der Waals surface area contributed by atoms with E-state index in [0.29, 0.717) is 6.61 Å². The van der Waals surface area contributed by atoms with Gasteiger partial charge in [0.25, 0.3) is 0 Å². The van der Waals surface area contributed by atoms with Gasteiger partial charge in [0.1, 0.15) is 6.04 Å². The number of hydrogen-bond donors (Lipinski definition) is 1. The number of benzene rings is 1. The molecule has 0 aliphatic heterocycles. The van der Waals surface area contributed by atoms with Crippen LogP contribution in [-0.4, -0.2) is 11.3 Å². The molecule has 0 unspecified atom stereocenters. The quantitative estimate of drug-likeness (QED) is 0.600. The van der Waals surface area contributed by atoms with Gasteiger partial charge in [0.05, 0.1) is 6.61 Å². The second-order valence-corrected chi connectivity index (χ2v) is 3.29. The van der Waals surface area contributed by atoms with E-state index in [2.05, 4.69) is 5.48 Å². The zero-order valence-corrected chi connectivity index (χ0v) is 8.62. The Kier molecular flexibility index (Phi) is 4.59. The third kappa shape index (κ3) is 3.87. The smallest absolute Gasteiger partial charge is 0.240 e. The topological polar surface area (TPSA) is 38.3 Å². The fourth-order valence-corrected chi connectivity index (χ4v) is 0.915. The molecule has 0 amide bonds. The molecule has 4 heteroatoms. The highest BCUT2D eigenvalue weighted by molar-refractivity contribution is 6.64. The van der Waals surface area contributed by atoms with Crippen LogP contribution >= 0.6 is 11.6 Å². The lowest BCUT2D eigenvalue weighted by Gasteiger charge is -2.09. The minimum Gasteiger partial charge on any atom is -0.296 e. The second kappa shape index (κ2) is 5.75. The standard InChI is InChI=1S/C10H12ClNO2/c1-8(10(11)13)12-14-7-9-5-3-2-4-6-9/h2-6,8,12H,7H2,1H3/t8-/m0/s1. The van der Waals surface area contributed by atoms with Gasteiger partial charge in [0, 0.05) is 0 Å². The highest BCUT2D eigenvalue weighted by Crippen LogP contribution is 1.99. The van der Waals surface area contributed by atoms with Crippen LogP contribution in [0.4, 0.5) is 0 Å². The summed E-state index contributed by atoms with van der Waals surface area (Å²) in [4.78, 5) is 15.7. The Balaban J connectivity index is 2.26. The molecule has 0 fully saturated rings. The van der Waals surface area contributed by atoms with Crippen molar-refractivity contribution < 1.29 is 9.63 Å². The molecule has 0 aliphatic carbocycles. The summed E-state index contributed by atoms with van der Waals surface area (Å²) in [7, 11) is 0. The van der Waals surface area contributed by atoms with Crippen molar-refractivity contribution in [2.45, 2.75) is 19.6 Å². The van der Waals surface area contributed by atoms with E-state index >= 15 is 0 Å². The van der Waals surface area contributed by atoms with E-state index in [1.54, 1.807) is 6.92 Å². The average molecular weight is 214 g/mol. The lowest BCUT2D eigenvalue weighted by molar-refractivity contribution is -0.117. The maximum absolute atomic E-state index is 10.6. The predicted molar refractivity (Wildman–Crippen MR) is 54.7 cm³/mol. The predicted octanol–water partition coefficient (Wildman–Crippen LogP) is 1.86. The molecule has 0 aliphatic rings. The van der Waals surface area contributed by atoms with E-state index in [-0.39, 0.29) is 0 Å². The van der Waals surface area contributed by atoms with Crippen molar-refractivity contribution in [3.63, 3.8) is 0 Å². The number of halogens is 1. The van der Waals surface area contributed by atoms with Gasteiger partial charge in [0.15, 0.2) is 0 Å². The molecule has 1 N–H and O–H groups in total. The van der Waals surface area contributed by atoms with Gasteiger partial charge >= 0.3 is 0 Å². The maximum atomic E-state index is 10.6. The van der Waals surface area contributed by atoms with Gasteiger partial charge in [-0.25, -0.2) is 0 Å². The highest BCUT2D eigenvalue weighted by atomic mass is 35.5. The summed E-state index contributed by atoms with van der Waals surface area (Å²) in [5.41, 5.74) is 3.59. The zero-order chi connectivity index (χ0) is 10.4. The SMILES string of the molecule is C[C@H](NOCc1ccccc1)C(=O)Cl. The van der Waals surface area contributed by atoms with E-state index in [4.69, 9.17) is 16.4 Å². The van der Waals surface area contributed by atoms with Gasteiger partial charge in [0.2, 0.25) is 5.24 Å². The lowest BCUT2D eigenvalue weighted by atomic mass is 10.2. The van der Waals surface area contributed by atoms with Crippen molar-refractivity contribution in [2.75, 3.05) is 0 Å². The van der Waals surface area contributed by atoms with Crippen molar-refractivity contribution in [3.8, 4) is 0 Å². The molecule has 14 heavy (non-hydrogen) atoms. The molecule has 0 saturated carbocycles. The van der Waals surface area contributed by atoms with Crippen LogP contribution in [0.5, 0.6) is 0 Å². The average Bonchev–Trinajstić information content (AvgIpc) is 2.19. The number of hydrogen-bond acceptors (Lipinski definition) is 3. The molecule has 0 heterocycles. The van der Waals surface area contributed by atoms with E-state index in [1.807, 2.05) is 30.3 Å². The van der Waals surface area contributed by atoms with Crippen LogP contribution in [0.3, 0.4) is 0 Å². The number of rotatable bonds is 5. The van der Waals surface area contributed by atoms with E-state index in [9.17, 15) is 4.79 Å². The summed E-state index contributed by atoms with van der Waals surface area (Å²) >= 11 is 5.23. The fourth-order valence-electron chi connectivity index (χ4n) is 0.871. The molecule has 3 nitrogen and oxygen atoms in total. The highest BCUT2D eigenvalue weighted by Gasteiger charge is 2.08. The summed E-state index contributed by atoms with van der Waals surface area (Å²) in [5.74, 6) is 0. The Morgan fingerprint density at radius 3 is 2.71 bits per heavy atom. The van der Waals surface area contributed by atoms with E-state index < -0.39 is 11.3 Å². The van der Waals surface area contributed by atoms with Crippen LogP contribution in [0, 0.1) is 0 Å². The van der Waals surface area contributed by atoms with Crippen molar-refractivity contribution in [2.24, 2.45) is 0 Å². The van der Waals surface area contributed by atoms with Gasteiger partial charge in [-0.3, -0.25) is 9.63 Å². The Bertz CT molecular complexity index is 289. The molecule has 76 valence electrons. The number of nitrogens with one attached hydrogen (secondary N) is 1. The Morgan fingerprint density at radius 1 is 1.50 bits per heavy atom. The number of carbonyl (C=O) groups excluding carboxylic acids is 1. The molecular formula is C10H12ClNO2. The monoisotopic (exact) mass is 213 g/mol. The molecule has 1 atom stereocenters. The maximum Gasteiger partial charge on any atom is 0.240 e. The van der Waals surface area contributed by atoms with Crippen LogP contribution in [0.25, 0.3) is 0 Å². The molecule has 1 aromatic carbocycles. The summed E-state index contributed by atoms with van der Waals surface area (Å²) in [6.07, 6.45) is 0. The molecule has 0 bridgehead atoms. The molecular weight excluding hydrogens is 202 g/mol. The molecule has 0 aromatic heterocycles. The van der Waals surface area contributed by atoms with Crippen LogP contribution in [0.1, 0.15) is 12.5 Å². The first kappa shape index (κ1) is 11.2. The Morgan fingerprint density at radius 2 is 2.14 bits per heavy atom. The van der Waals surface area contributed by atoms with E-state index in [1.165, 1.54) is 0 Å². The van der Waals surface area contributed by atoms with Crippen molar-refractivity contribution >= 4 is 16.8 Å². The molecule has 1 rings (SSSR count). The van der Waals surface area contributed by atoms with Gasteiger partial charge in [-0.1, -0.05) is 30.3 Å². The normalized spacial score (nSPS) is 12.4. The van der Waals surface area contributed by atoms with Crippen molar-refractivity contribution in [1.29, 1.82) is 0 Å². The third-order valence-corrected chi connectivity index (χ3v) is 2.01. The van der Waals surface area contributed by atoms with Crippen molar-refractivity contribution in [3.05, 3.63) is 35.9 Å². The molecule has 0 saturated heterocycles. The first-order valence-corrected chi connectivity index (χ1v) is 4.68. The van der Waals surface area contributed by atoms with E-state index in [0.717, 1.165) is 5.56 Å². The number of carbonyl (C=O) groups is 1. The van der Waals surface area contributed by atoms with Crippen molar-refractivity contribution in [1.82, 2.24) is 5.48 Å². The molecule has 1 aromatic rings. The first-order valence-electron chi connectivity index (χ1n) is 4.30. The summed E-state index contributed by atoms with van der Waals surface area (Å²) in [6.45, 7) is 2.05. The fraction of sp³-hybridized carbons (Fsp3) is 0.300. The lowest BCUT2D eigenvalue weighted by Crippen LogP contribution is -2.31. The summed E-state index contributed by atoms with van der Waals surface area (Å²) in [5, 5.41) is -0.460. The largest absolute Gasteiger partial charge is 0.296 e. The minimum absolute atomic E-state index is 0.412. The Hall–Kier alpha value is -0.900. The summed E-state index contributed by atoms with van der Waals surface area (Å²) in [6, 6.07) is 9.18. The summed E-state index contributed by atoms with van der Waals surface area (Å²) < 4.78 is 0. The Labute approximate surface area is 88.0 Å². The number of hydroxylamine groups is 1. The van der Waals surface area contributed by atoms with Crippen LogP contribution in [0.15, 0.2) is 30.3 Å².